The van der Waals surface area contributed by atoms with E-state index in [-0.39, 0.29) is 23.6 Å². The van der Waals surface area contributed by atoms with Crippen molar-refractivity contribution in [3.63, 3.8) is 0 Å². The van der Waals surface area contributed by atoms with Crippen LogP contribution in [0.4, 0.5) is 10.5 Å². The molecular formula is C23H26Cl2N4O2S. The van der Waals surface area contributed by atoms with E-state index in [1.165, 1.54) is 5.56 Å². The van der Waals surface area contributed by atoms with Crippen molar-refractivity contribution >= 4 is 58.7 Å². The van der Waals surface area contributed by atoms with Gasteiger partial charge in [-0.2, -0.15) is 0 Å². The standard InChI is InChI=1S/C23H25ClN4O2S.ClH/c24-19-5-1-3-17(11-20-22(29)27-23(30)31-20)21(19)28-10-2-4-18(14-28)26-13-16-8-6-15(12-25)7-9-16;/h1,3,5-9,11,18,26H,2,4,10,12-14,25H2,(H,27,29,30);1H/t18-;/m1./s1. The number of nitrogens with zero attached hydrogens (tertiary/aromatic N) is 1. The van der Waals surface area contributed by atoms with Gasteiger partial charge in [-0.1, -0.05) is 48.0 Å². The molecule has 2 saturated heterocycles. The molecule has 2 aromatic carbocycles. The van der Waals surface area contributed by atoms with Gasteiger partial charge in [-0.25, -0.2) is 0 Å². The zero-order valence-electron chi connectivity index (χ0n) is 17.5. The average molecular weight is 493 g/mol. The normalized spacial score (nSPS) is 19.8. The number of rotatable bonds is 6. The molecule has 0 unspecified atom stereocenters. The number of benzene rings is 2. The third-order valence-electron chi connectivity index (χ3n) is 5.54. The Morgan fingerprint density at radius 1 is 1.19 bits per heavy atom. The number of nitrogens with two attached hydrogens (primary N) is 1. The van der Waals surface area contributed by atoms with Gasteiger partial charge in [-0.05, 0) is 47.9 Å². The maximum Gasteiger partial charge on any atom is 0.290 e. The Morgan fingerprint density at radius 2 is 1.94 bits per heavy atom. The number of amides is 2. The Labute approximate surface area is 203 Å². The van der Waals surface area contributed by atoms with Gasteiger partial charge < -0.3 is 16.0 Å². The monoisotopic (exact) mass is 492 g/mol. The van der Waals surface area contributed by atoms with Gasteiger partial charge >= 0.3 is 0 Å². The van der Waals surface area contributed by atoms with Crippen molar-refractivity contribution in [2.24, 2.45) is 5.73 Å². The summed E-state index contributed by atoms with van der Waals surface area (Å²) < 4.78 is 0. The van der Waals surface area contributed by atoms with Crippen LogP contribution in [0.25, 0.3) is 6.08 Å². The van der Waals surface area contributed by atoms with E-state index in [0.717, 1.165) is 61.1 Å². The first-order valence-corrected chi connectivity index (χ1v) is 11.5. The van der Waals surface area contributed by atoms with Crippen molar-refractivity contribution in [3.8, 4) is 0 Å². The minimum absolute atomic E-state index is 0. The number of thioether (sulfide) groups is 1. The van der Waals surface area contributed by atoms with Crippen molar-refractivity contribution in [2.75, 3.05) is 18.0 Å². The molecule has 2 aromatic rings. The predicted molar refractivity (Wildman–Crippen MR) is 134 cm³/mol. The number of nitrogens with one attached hydrogen (secondary N) is 2. The Balaban J connectivity index is 0.00000289. The molecule has 0 aromatic heterocycles. The lowest BCUT2D eigenvalue weighted by Crippen LogP contribution is -2.45. The minimum atomic E-state index is -0.361. The lowest BCUT2D eigenvalue weighted by Gasteiger charge is -2.36. The molecule has 4 rings (SSSR count). The number of imide groups is 1. The first-order chi connectivity index (χ1) is 15.0. The van der Waals surface area contributed by atoms with E-state index < -0.39 is 0 Å². The molecule has 2 fully saturated rings. The van der Waals surface area contributed by atoms with Gasteiger partial charge in [0.15, 0.2) is 0 Å². The Morgan fingerprint density at radius 3 is 2.62 bits per heavy atom. The molecule has 0 radical (unpaired) electrons. The predicted octanol–water partition coefficient (Wildman–Crippen LogP) is 4.30. The van der Waals surface area contributed by atoms with Crippen molar-refractivity contribution in [1.82, 2.24) is 10.6 Å². The Kier molecular flexibility index (Phi) is 8.62. The Bertz CT molecular complexity index is 1010. The summed E-state index contributed by atoms with van der Waals surface area (Å²) in [5, 5.41) is 6.25. The topological polar surface area (TPSA) is 87.5 Å². The summed E-state index contributed by atoms with van der Waals surface area (Å²) in [5.74, 6) is -0.361. The summed E-state index contributed by atoms with van der Waals surface area (Å²) in [6.45, 7) is 3.05. The summed E-state index contributed by atoms with van der Waals surface area (Å²) >= 11 is 7.50. The van der Waals surface area contributed by atoms with E-state index in [1.54, 1.807) is 6.08 Å². The number of para-hydroxylation sites is 1. The molecule has 2 aliphatic heterocycles. The lowest BCUT2D eigenvalue weighted by molar-refractivity contribution is -0.115. The first kappa shape index (κ1) is 24.6. The highest BCUT2D eigenvalue weighted by Crippen LogP contribution is 2.35. The van der Waals surface area contributed by atoms with Gasteiger partial charge in [0.05, 0.1) is 15.6 Å². The van der Waals surface area contributed by atoms with E-state index in [4.69, 9.17) is 17.3 Å². The van der Waals surface area contributed by atoms with Crippen molar-refractivity contribution in [3.05, 3.63) is 69.1 Å². The van der Waals surface area contributed by atoms with Gasteiger partial charge in [0.1, 0.15) is 0 Å². The van der Waals surface area contributed by atoms with Gasteiger partial charge in [-0.15, -0.1) is 12.4 Å². The summed E-state index contributed by atoms with van der Waals surface area (Å²) in [4.78, 5) is 26.2. The van der Waals surface area contributed by atoms with E-state index in [0.29, 0.717) is 22.5 Å². The number of anilines is 1. The van der Waals surface area contributed by atoms with Crippen LogP contribution in [0.3, 0.4) is 0 Å². The molecule has 0 saturated carbocycles. The summed E-state index contributed by atoms with van der Waals surface area (Å²) in [6.07, 6.45) is 3.88. The molecule has 2 aliphatic rings. The fourth-order valence-electron chi connectivity index (χ4n) is 3.95. The third kappa shape index (κ3) is 5.85. The van der Waals surface area contributed by atoms with Crippen LogP contribution < -0.4 is 21.3 Å². The highest BCUT2D eigenvalue weighted by molar-refractivity contribution is 8.18. The van der Waals surface area contributed by atoms with Gasteiger partial charge in [0.25, 0.3) is 11.1 Å². The van der Waals surface area contributed by atoms with Crippen molar-refractivity contribution in [1.29, 1.82) is 0 Å². The van der Waals surface area contributed by atoms with Crippen LogP contribution >= 0.6 is 35.8 Å². The second kappa shape index (κ2) is 11.2. The second-order valence-electron chi connectivity index (χ2n) is 7.72. The third-order valence-corrected chi connectivity index (χ3v) is 6.65. The number of halogens is 2. The number of carbonyl (C=O) groups excluding carboxylic acids is 2. The highest BCUT2D eigenvalue weighted by Gasteiger charge is 2.27. The van der Waals surface area contributed by atoms with Crippen molar-refractivity contribution in [2.45, 2.75) is 32.0 Å². The Hall–Kier alpha value is -2.03. The average Bonchev–Trinajstić information content (AvgIpc) is 3.09. The van der Waals surface area contributed by atoms with Crippen LogP contribution in [0.5, 0.6) is 0 Å². The quantitative estimate of drug-likeness (QED) is 0.520. The summed E-state index contributed by atoms with van der Waals surface area (Å²) in [7, 11) is 0. The zero-order chi connectivity index (χ0) is 21.8. The van der Waals surface area contributed by atoms with Crippen LogP contribution in [0.2, 0.25) is 5.02 Å². The zero-order valence-corrected chi connectivity index (χ0v) is 19.9. The highest BCUT2D eigenvalue weighted by atomic mass is 35.5. The largest absolute Gasteiger partial charge is 0.368 e. The number of hydrogen-bond donors (Lipinski definition) is 3. The second-order valence-corrected chi connectivity index (χ2v) is 9.14. The molecular weight excluding hydrogens is 467 g/mol. The van der Waals surface area contributed by atoms with Crippen LogP contribution in [-0.4, -0.2) is 30.3 Å². The minimum Gasteiger partial charge on any atom is -0.368 e. The lowest BCUT2D eigenvalue weighted by atomic mass is 10.0. The summed E-state index contributed by atoms with van der Waals surface area (Å²) in [6, 6.07) is 14.3. The first-order valence-electron chi connectivity index (χ1n) is 10.3. The maximum atomic E-state index is 12.0. The van der Waals surface area contributed by atoms with Gasteiger partial charge in [0, 0.05) is 37.8 Å². The van der Waals surface area contributed by atoms with Gasteiger partial charge in [-0.3, -0.25) is 14.9 Å². The van der Waals surface area contributed by atoms with E-state index in [9.17, 15) is 9.59 Å². The maximum absolute atomic E-state index is 12.0. The molecule has 1 atom stereocenters. The molecule has 0 spiro atoms. The molecule has 0 bridgehead atoms. The SMILES string of the molecule is Cl.NCc1ccc(CN[C@@H]2CCCN(c3c(Cl)cccc3C=C3SC(=O)NC3=O)C2)cc1. The molecule has 0 aliphatic carbocycles. The molecule has 2 amide bonds. The number of piperidine rings is 1. The number of carbonyl (C=O) groups is 2. The molecule has 170 valence electrons. The number of hydrogen-bond acceptors (Lipinski definition) is 6. The van der Waals surface area contributed by atoms with Crippen LogP contribution in [-0.2, 0) is 17.9 Å². The molecule has 32 heavy (non-hydrogen) atoms. The smallest absolute Gasteiger partial charge is 0.290 e. The van der Waals surface area contributed by atoms with E-state index >= 15 is 0 Å². The fraction of sp³-hybridized carbons (Fsp3) is 0.304. The fourth-order valence-corrected chi connectivity index (χ4v) is 4.92. The summed E-state index contributed by atoms with van der Waals surface area (Å²) in [5.41, 5.74) is 9.78. The molecule has 6 nitrogen and oxygen atoms in total. The van der Waals surface area contributed by atoms with Crippen molar-refractivity contribution < 1.29 is 9.59 Å². The molecule has 2 heterocycles. The van der Waals surface area contributed by atoms with Gasteiger partial charge in [0.2, 0.25) is 0 Å². The molecule has 4 N–H and O–H groups in total. The van der Waals surface area contributed by atoms with E-state index in [1.807, 2.05) is 18.2 Å². The van der Waals surface area contributed by atoms with Crippen LogP contribution in [0, 0.1) is 0 Å². The molecule has 9 heteroatoms. The van der Waals surface area contributed by atoms with E-state index in [2.05, 4.69) is 39.8 Å². The van der Waals surface area contributed by atoms with Crippen LogP contribution in [0.1, 0.15) is 29.5 Å². The van der Waals surface area contributed by atoms with Crippen LogP contribution in [0.15, 0.2) is 47.4 Å².